The molecule has 0 saturated heterocycles. The summed E-state index contributed by atoms with van der Waals surface area (Å²) in [6.07, 6.45) is 2.42. The molecule has 114 valence electrons. The van der Waals surface area contributed by atoms with Crippen molar-refractivity contribution in [2.75, 3.05) is 20.2 Å². The van der Waals surface area contributed by atoms with E-state index >= 15 is 0 Å². The molecule has 0 aliphatic rings. The van der Waals surface area contributed by atoms with Crippen LogP contribution in [0.15, 0.2) is 29.2 Å². The molecule has 0 radical (unpaired) electrons. The lowest BCUT2D eigenvalue weighted by atomic mass is 10.1. The maximum Gasteiger partial charge on any atom is 0.242 e. The molecule has 0 aliphatic carbocycles. The molecule has 0 saturated carbocycles. The van der Waals surface area contributed by atoms with Crippen molar-refractivity contribution < 1.29 is 13.5 Å². The fraction of sp³-hybridized carbons (Fsp3) is 0.600. The Bertz CT molecular complexity index is 496. The molecular weight excluding hydrogens is 274 g/mol. The summed E-state index contributed by atoms with van der Waals surface area (Å²) in [5.74, 6) is 0.346. The lowest BCUT2D eigenvalue weighted by molar-refractivity contribution is 0.288. The van der Waals surface area contributed by atoms with Crippen LogP contribution in [0.1, 0.15) is 32.3 Å². The summed E-state index contributed by atoms with van der Waals surface area (Å²) >= 11 is 0. The minimum Gasteiger partial charge on any atom is -0.396 e. The van der Waals surface area contributed by atoms with E-state index in [-0.39, 0.29) is 6.61 Å². The van der Waals surface area contributed by atoms with Crippen LogP contribution in [0.25, 0.3) is 0 Å². The predicted octanol–water partition coefficient (Wildman–Crippen LogP) is 2.28. The van der Waals surface area contributed by atoms with Crippen LogP contribution in [0.4, 0.5) is 0 Å². The van der Waals surface area contributed by atoms with Gasteiger partial charge in [0.25, 0.3) is 0 Å². The number of hydrogen-bond acceptors (Lipinski definition) is 3. The quantitative estimate of drug-likeness (QED) is 0.801. The largest absolute Gasteiger partial charge is 0.396 e. The predicted molar refractivity (Wildman–Crippen MR) is 81.1 cm³/mol. The average Bonchev–Trinajstić information content (AvgIpc) is 2.45. The van der Waals surface area contributed by atoms with Crippen molar-refractivity contribution in [2.24, 2.45) is 5.92 Å². The van der Waals surface area contributed by atoms with Crippen LogP contribution in [0.3, 0.4) is 0 Å². The third-order valence-electron chi connectivity index (χ3n) is 3.52. The summed E-state index contributed by atoms with van der Waals surface area (Å²) in [6.45, 7) is 4.79. The minimum atomic E-state index is -3.40. The molecule has 1 aromatic rings. The molecule has 0 fully saturated rings. The monoisotopic (exact) mass is 299 g/mol. The first-order valence-electron chi connectivity index (χ1n) is 7.08. The van der Waals surface area contributed by atoms with E-state index < -0.39 is 10.0 Å². The zero-order chi connectivity index (χ0) is 15.2. The van der Waals surface area contributed by atoms with Gasteiger partial charge in [0.15, 0.2) is 0 Å². The zero-order valence-electron chi connectivity index (χ0n) is 12.5. The first kappa shape index (κ1) is 17.1. The normalized spacial score (nSPS) is 13.7. The topological polar surface area (TPSA) is 57.6 Å². The number of hydrogen-bond donors (Lipinski definition) is 1. The minimum absolute atomic E-state index is 0.150. The average molecular weight is 299 g/mol. The summed E-state index contributed by atoms with van der Waals surface area (Å²) in [5.41, 5.74) is 1.04. The third-order valence-corrected chi connectivity index (χ3v) is 5.36. The van der Waals surface area contributed by atoms with Gasteiger partial charge in [-0.3, -0.25) is 0 Å². The van der Waals surface area contributed by atoms with Crippen molar-refractivity contribution in [2.45, 2.75) is 38.0 Å². The molecule has 1 rings (SSSR count). The summed E-state index contributed by atoms with van der Waals surface area (Å²) in [7, 11) is -1.77. The highest BCUT2D eigenvalue weighted by atomic mass is 32.2. The molecule has 5 heteroatoms. The van der Waals surface area contributed by atoms with E-state index in [1.807, 2.05) is 19.1 Å². The van der Waals surface area contributed by atoms with E-state index in [1.54, 1.807) is 19.2 Å². The SMILES string of the molecule is CCC(C)CN(C)S(=O)(=O)c1ccc(CCCO)cc1. The van der Waals surface area contributed by atoms with Crippen molar-refractivity contribution in [3.63, 3.8) is 0 Å². The van der Waals surface area contributed by atoms with Gasteiger partial charge in [0.05, 0.1) is 4.90 Å². The molecular formula is C15H25NO3S. The Morgan fingerprint density at radius 2 is 1.85 bits per heavy atom. The molecule has 20 heavy (non-hydrogen) atoms. The molecule has 1 N–H and O–H groups in total. The molecule has 0 aliphatic heterocycles. The van der Waals surface area contributed by atoms with E-state index in [0.29, 0.717) is 23.8 Å². The van der Waals surface area contributed by atoms with Crippen LogP contribution in [0.5, 0.6) is 0 Å². The van der Waals surface area contributed by atoms with Crippen molar-refractivity contribution in [1.82, 2.24) is 4.31 Å². The maximum absolute atomic E-state index is 12.4. The molecule has 0 heterocycles. The molecule has 0 bridgehead atoms. The molecule has 0 spiro atoms. The van der Waals surface area contributed by atoms with E-state index in [1.165, 1.54) is 4.31 Å². The molecule has 1 aromatic carbocycles. The summed E-state index contributed by atoms with van der Waals surface area (Å²) < 4.78 is 26.2. The van der Waals surface area contributed by atoms with Crippen molar-refractivity contribution in [3.8, 4) is 0 Å². The van der Waals surface area contributed by atoms with Crippen molar-refractivity contribution >= 4 is 10.0 Å². The van der Waals surface area contributed by atoms with Gasteiger partial charge < -0.3 is 5.11 Å². The summed E-state index contributed by atoms with van der Waals surface area (Å²) in [5, 5.41) is 8.79. The van der Waals surface area contributed by atoms with Gasteiger partial charge in [0.2, 0.25) is 10.0 Å². The number of aryl methyl sites for hydroxylation is 1. The molecule has 4 nitrogen and oxygen atoms in total. The second-order valence-corrected chi connectivity index (χ2v) is 7.31. The van der Waals surface area contributed by atoms with Crippen LogP contribution in [-0.4, -0.2) is 38.0 Å². The number of sulfonamides is 1. The highest BCUT2D eigenvalue weighted by Crippen LogP contribution is 2.17. The number of benzene rings is 1. The van der Waals surface area contributed by atoms with E-state index in [4.69, 9.17) is 5.11 Å². The van der Waals surface area contributed by atoms with Gasteiger partial charge in [-0.25, -0.2) is 12.7 Å². The first-order valence-corrected chi connectivity index (χ1v) is 8.52. The van der Waals surface area contributed by atoms with E-state index in [2.05, 4.69) is 6.92 Å². The van der Waals surface area contributed by atoms with Crippen LogP contribution < -0.4 is 0 Å². The third kappa shape index (κ3) is 4.58. The lowest BCUT2D eigenvalue weighted by Crippen LogP contribution is -2.31. The van der Waals surface area contributed by atoms with E-state index in [9.17, 15) is 8.42 Å². The van der Waals surface area contributed by atoms with Gasteiger partial charge in [-0.05, 0) is 36.5 Å². The maximum atomic E-state index is 12.4. The van der Waals surface area contributed by atoms with Gasteiger partial charge in [-0.2, -0.15) is 0 Å². The van der Waals surface area contributed by atoms with Crippen LogP contribution >= 0.6 is 0 Å². The summed E-state index contributed by atoms with van der Waals surface area (Å²) in [6, 6.07) is 6.93. The van der Waals surface area contributed by atoms with Crippen LogP contribution in [0.2, 0.25) is 0 Å². The standard InChI is InChI=1S/C15H25NO3S/c1-4-13(2)12-16(3)20(18,19)15-9-7-14(8-10-15)6-5-11-17/h7-10,13,17H,4-6,11-12H2,1-3H3. The molecule has 0 amide bonds. The van der Waals surface area contributed by atoms with Gasteiger partial charge in [-0.1, -0.05) is 32.4 Å². The lowest BCUT2D eigenvalue weighted by Gasteiger charge is -2.20. The second kappa shape index (κ2) is 7.76. The molecule has 1 unspecified atom stereocenters. The van der Waals surface area contributed by atoms with Gasteiger partial charge in [0, 0.05) is 20.2 Å². The number of nitrogens with zero attached hydrogens (tertiary/aromatic N) is 1. The highest BCUT2D eigenvalue weighted by Gasteiger charge is 2.21. The second-order valence-electron chi connectivity index (χ2n) is 5.27. The van der Waals surface area contributed by atoms with Gasteiger partial charge in [0.1, 0.15) is 0 Å². The van der Waals surface area contributed by atoms with E-state index in [0.717, 1.165) is 18.4 Å². The Morgan fingerprint density at radius 1 is 1.25 bits per heavy atom. The zero-order valence-corrected chi connectivity index (χ0v) is 13.4. The molecule has 0 aromatic heterocycles. The number of aliphatic hydroxyl groups excluding tert-OH is 1. The number of aliphatic hydroxyl groups is 1. The Balaban J connectivity index is 2.81. The van der Waals surface area contributed by atoms with Crippen LogP contribution in [0, 0.1) is 5.92 Å². The van der Waals surface area contributed by atoms with Gasteiger partial charge in [-0.15, -0.1) is 0 Å². The smallest absolute Gasteiger partial charge is 0.242 e. The Kier molecular flexibility index (Phi) is 6.65. The fourth-order valence-electron chi connectivity index (χ4n) is 1.96. The fourth-order valence-corrected chi connectivity index (χ4v) is 3.25. The first-order chi connectivity index (χ1) is 9.41. The van der Waals surface area contributed by atoms with Crippen LogP contribution in [-0.2, 0) is 16.4 Å². The Morgan fingerprint density at radius 3 is 2.35 bits per heavy atom. The Labute approximate surface area is 122 Å². The van der Waals surface area contributed by atoms with Crippen molar-refractivity contribution in [1.29, 1.82) is 0 Å². The van der Waals surface area contributed by atoms with Gasteiger partial charge >= 0.3 is 0 Å². The van der Waals surface area contributed by atoms with Crippen molar-refractivity contribution in [3.05, 3.63) is 29.8 Å². The highest BCUT2D eigenvalue weighted by molar-refractivity contribution is 7.89. The Hall–Kier alpha value is -0.910. The summed E-state index contributed by atoms with van der Waals surface area (Å²) in [4.78, 5) is 0.330. The number of rotatable bonds is 8. The molecule has 1 atom stereocenters.